The van der Waals surface area contributed by atoms with Crippen LogP contribution in [0.25, 0.3) is 0 Å². The molecule has 1 aromatic carbocycles. The van der Waals surface area contributed by atoms with Crippen molar-refractivity contribution in [2.24, 2.45) is 0 Å². The van der Waals surface area contributed by atoms with Crippen molar-refractivity contribution in [2.45, 2.75) is 17.6 Å². The van der Waals surface area contributed by atoms with Crippen LogP contribution in [0.5, 0.6) is 5.75 Å². The van der Waals surface area contributed by atoms with Crippen molar-refractivity contribution in [3.63, 3.8) is 0 Å². The number of aryl methyl sites for hydroxylation is 1. The summed E-state index contributed by atoms with van der Waals surface area (Å²) in [5.41, 5.74) is 2.61. The fourth-order valence-electron chi connectivity index (χ4n) is 1.73. The van der Waals surface area contributed by atoms with Crippen molar-refractivity contribution in [2.75, 3.05) is 7.11 Å². The van der Waals surface area contributed by atoms with Gasteiger partial charge in [-0.2, -0.15) is 0 Å². The molecule has 0 saturated carbocycles. The topological polar surface area (TPSA) is 39.2 Å². The summed E-state index contributed by atoms with van der Waals surface area (Å²) in [7, 11) is 1.65. The average molecular weight is 273 g/mol. The lowest BCUT2D eigenvalue weighted by Gasteiger charge is -2.06. The summed E-state index contributed by atoms with van der Waals surface area (Å²) < 4.78 is 5.23. The molecule has 0 aliphatic heterocycles. The van der Waals surface area contributed by atoms with Crippen molar-refractivity contribution in [1.82, 2.24) is 4.98 Å². The number of rotatable bonds is 5. The van der Waals surface area contributed by atoms with E-state index in [4.69, 9.17) is 4.74 Å². The number of carbonyl (C=O) groups is 1. The molecule has 0 atom stereocenters. The Bertz CT molecular complexity index is 584. The van der Waals surface area contributed by atoms with Crippen LogP contribution in [0.1, 0.15) is 21.7 Å². The smallest absolute Gasteiger partial charge is 0.150 e. The van der Waals surface area contributed by atoms with E-state index >= 15 is 0 Å². The SMILES string of the molecule is COc1cc(C)nc(CSc2cccc(C=O)c2)c1. The number of methoxy groups -OCH3 is 1. The first-order valence-corrected chi connectivity index (χ1v) is 6.89. The second kappa shape index (κ2) is 6.38. The number of aldehydes is 1. The van der Waals surface area contributed by atoms with Gasteiger partial charge in [-0.3, -0.25) is 9.78 Å². The van der Waals surface area contributed by atoms with E-state index in [2.05, 4.69) is 4.98 Å². The highest BCUT2D eigenvalue weighted by Gasteiger charge is 2.02. The summed E-state index contributed by atoms with van der Waals surface area (Å²) in [6.45, 7) is 1.95. The lowest BCUT2D eigenvalue weighted by Crippen LogP contribution is -1.93. The Morgan fingerprint density at radius 2 is 2.16 bits per heavy atom. The molecule has 0 aliphatic carbocycles. The molecule has 0 unspecified atom stereocenters. The van der Waals surface area contributed by atoms with E-state index < -0.39 is 0 Å². The fraction of sp³-hybridized carbons (Fsp3) is 0.200. The molecule has 1 aromatic heterocycles. The zero-order chi connectivity index (χ0) is 13.7. The second-order valence-electron chi connectivity index (χ2n) is 4.12. The number of nitrogens with zero attached hydrogens (tertiary/aromatic N) is 1. The van der Waals surface area contributed by atoms with Gasteiger partial charge in [0, 0.05) is 34.0 Å². The van der Waals surface area contributed by atoms with Gasteiger partial charge >= 0.3 is 0 Å². The summed E-state index contributed by atoms with van der Waals surface area (Å²) in [6, 6.07) is 11.4. The van der Waals surface area contributed by atoms with Gasteiger partial charge in [0.25, 0.3) is 0 Å². The van der Waals surface area contributed by atoms with Crippen molar-refractivity contribution in [3.05, 3.63) is 53.3 Å². The molecule has 19 heavy (non-hydrogen) atoms. The quantitative estimate of drug-likeness (QED) is 0.617. The fourth-order valence-corrected chi connectivity index (χ4v) is 2.59. The first-order valence-electron chi connectivity index (χ1n) is 5.91. The predicted molar refractivity (Wildman–Crippen MR) is 76.9 cm³/mol. The minimum Gasteiger partial charge on any atom is -0.497 e. The molecule has 1 heterocycles. The van der Waals surface area contributed by atoms with Crippen LogP contribution in [0.3, 0.4) is 0 Å². The molecular weight excluding hydrogens is 258 g/mol. The van der Waals surface area contributed by atoms with Crippen molar-refractivity contribution < 1.29 is 9.53 Å². The Morgan fingerprint density at radius 3 is 2.89 bits per heavy atom. The van der Waals surface area contributed by atoms with E-state index in [1.165, 1.54) is 0 Å². The molecule has 0 saturated heterocycles. The third-order valence-electron chi connectivity index (χ3n) is 2.60. The number of hydrogen-bond donors (Lipinski definition) is 0. The molecule has 2 aromatic rings. The van der Waals surface area contributed by atoms with Crippen LogP contribution in [-0.4, -0.2) is 18.4 Å². The third-order valence-corrected chi connectivity index (χ3v) is 3.62. The minimum absolute atomic E-state index is 0.694. The van der Waals surface area contributed by atoms with Gasteiger partial charge in [-0.15, -0.1) is 11.8 Å². The number of thioether (sulfide) groups is 1. The van der Waals surface area contributed by atoms with Gasteiger partial charge in [0.1, 0.15) is 12.0 Å². The Hall–Kier alpha value is -1.81. The van der Waals surface area contributed by atoms with Crippen LogP contribution >= 0.6 is 11.8 Å². The molecule has 98 valence electrons. The maximum absolute atomic E-state index is 10.7. The third kappa shape index (κ3) is 3.83. The first-order chi connectivity index (χ1) is 9.21. The molecule has 4 heteroatoms. The monoisotopic (exact) mass is 273 g/mol. The summed E-state index contributed by atoms with van der Waals surface area (Å²) in [5, 5.41) is 0. The molecule has 0 bridgehead atoms. The van der Waals surface area contributed by atoms with Crippen LogP contribution < -0.4 is 4.74 Å². The lowest BCUT2D eigenvalue weighted by atomic mass is 10.2. The van der Waals surface area contributed by atoms with Gasteiger partial charge in [-0.25, -0.2) is 0 Å². The van der Waals surface area contributed by atoms with Gasteiger partial charge in [-0.1, -0.05) is 12.1 Å². The molecule has 0 fully saturated rings. The zero-order valence-electron chi connectivity index (χ0n) is 10.9. The van der Waals surface area contributed by atoms with E-state index in [1.807, 2.05) is 37.3 Å². The van der Waals surface area contributed by atoms with Crippen LogP contribution in [-0.2, 0) is 5.75 Å². The Balaban J connectivity index is 2.09. The molecule has 0 aliphatic rings. The number of hydrogen-bond acceptors (Lipinski definition) is 4. The maximum atomic E-state index is 10.7. The molecule has 0 spiro atoms. The highest BCUT2D eigenvalue weighted by molar-refractivity contribution is 7.98. The molecular formula is C15H15NO2S. The second-order valence-corrected chi connectivity index (χ2v) is 5.17. The summed E-state index contributed by atoms with van der Waals surface area (Å²) in [5.74, 6) is 1.57. The highest BCUT2D eigenvalue weighted by Crippen LogP contribution is 2.24. The zero-order valence-corrected chi connectivity index (χ0v) is 11.7. The van der Waals surface area contributed by atoms with E-state index in [0.717, 1.165) is 34.1 Å². The number of pyridine rings is 1. The summed E-state index contributed by atoms with van der Waals surface area (Å²) >= 11 is 1.65. The standard InChI is InChI=1S/C15H15NO2S/c1-11-6-14(18-2)8-13(16-11)10-19-15-5-3-4-12(7-15)9-17/h3-9H,10H2,1-2H3. The molecule has 3 nitrogen and oxygen atoms in total. The van der Waals surface area contributed by atoms with Crippen LogP contribution in [0.2, 0.25) is 0 Å². The van der Waals surface area contributed by atoms with Gasteiger partial charge < -0.3 is 4.74 Å². The van der Waals surface area contributed by atoms with E-state index in [0.29, 0.717) is 5.56 Å². The molecule has 0 N–H and O–H groups in total. The normalized spacial score (nSPS) is 10.2. The van der Waals surface area contributed by atoms with Crippen LogP contribution in [0.4, 0.5) is 0 Å². The van der Waals surface area contributed by atoms with Crippen LogP contribution in [0.15, 0.2) is 41.3 Å². The van der Waals surface area contributed by atoms with Crippen molar-refractivity contribution in [3.8, 4) is 5.75 Å². The van der Waals surface area contributed by atoms with E-state index in [9.17, 15) is 4.79 Å². The average Bonchev–Trinajstić information content (AvgIpc) is 2.44. The largest absolute Gasteiger partial charge is 0.497 e. The Morgan fingerprint density at radius 1 is 1.32 bits per heavy atom. The number of aromatic nitrogens is 1. The summed E-state index contributed by atoms with van der Waals surface area (Å²) in [6.07, 6.45) is 0.859. The molecule has 2 rings (SSSR count). The molecule has 0 radical (unpaired) electrons. The molecule has 0 amide bonds. The Labute approximate surface area is 117 Å². The number of carbonyl (C=O) groups excluding carboxylic acids is 1. The van der Waals surface area contributed by atoms with Crippen molar-refractivity contribution in [1.29, 1.82) is 0 Å². The predicted octanol–water partition coefficient (Wildman–Crippen LogP) is 3.50. The van der Waals surface area contributed by atoms with Gasteiger partial charge in [0.05, 0.1) is 12.8 Å². The number of ether oxygens (including phenoxy) is 1. The van der Waals surface area contributed by atoms with Crippen molar-refractivity contribution >= 4 is 18.0 Å². The first kappa shape index (κ1) is 13.6. The number of benzene rings is 1. The van der Waals surface area contributed by atoms with Gasteiger partial charge in [0.2, 0.25) is 0 Å². The minimum atomic E-state index is 0.694. The summed E-state index contributed by atoms with van der Waals surface area (Å²) in [4.78, 5) is 16.3. The lowest BCUT2D eigenvalue weighted by molar-refractivity contribution is 0.112. The van der Waals surface area contributed by atoms with Crippen LogP contribution in [0, 0.1) is 6.92 Å². The highest BCUT2D eigenvalue weighted by atomic mass is 32.2. The maximum Gasteiger partial charge on any atom is 0.150 e. The van der Waals surface area contributed by atoms with E-state index in [1.54, 1.807) is 24.9 Å². The van der Waals surface area contributed by atoms with Gasteiger partial charge in [-0.05, 0) is 19.1 Å². The van der Waals surface area contributed by atoms with Gasteiger partial charge in [0.15, 0.2) is 0 Å². The van der Waals surface area contributed by atoms with E-state index in [-0.39, 0.29) is 0 Å². The Kier molecular flexibility index (Phi) is 4.58.